The second-order valence-electron chi connectivity index (χ2n) is 1.94. The lowest BCUT2D eigenvalue weighted by Gasteiger charge is -1.84. The van der Waals surface area contributed by atoms with Gasteiger partial charge in [-0.3, -0.25) is 0 Å². The fourth-order valence-electron chi connectivity index (χ4n) is 0.377. The van der Waals surface area contributed by atoms with E-state index in [0.29, 0.717) is 0 Å². The van der Waals surface area contributed by atoms with E-state index in [1.165, 1.54) is 0 Å². The third kappa shape index (κ3) is 5.05. The molecule has 0 saturated carbocycles. The summed E-state index contributed by atoms with van der Waals surface area (Å²) >= 11 is 0. The minimum absolute atomic E-state index is 0.00722. The van der Waals surface area contributed by atoms with Crippen LogP contribution in [0.5, 0.6) is 0 Å². The number of carbonyl (C=O) groups excluding carboxylic acids is 1. The standard InChI is InChI=1S/C8H12O/c1-3-4-5-6-8(2)7-9/h4,6-8H,3H2,1-2H3. The number of carbonyl (C=O) groups is 1. The molecule has 0 amide bonds. The third-order valence-corrected chi connectivity index (χ3v) is 0.896. The molecule has 0 aromatic rings. The van der Waals surface area contributed by atoms with Crippen LogP contribution in [0.1, 0.15) is 20.3 Å². The van der Waals surface area contributed by atoms with E-state index in [4.69, 9.17) is 0 Å². The summed E-state index contributed by atoms with van der Waals surface area (Å²) in [7, 11) is 0. The fourth-order valence-corrected chi connectivity index (χ4v) is 0.377. The van der Waals surface area contributed by atoms with Crippen molar-refractivity contribution in [2.45, 2.75) is 20.3 Å². The Kier molecular flexibility index (Phi) is 4.85. The summed E-state index contributed by atoms with van der Waals surface area (Å²) in [6, 6.07) is 0. The van der Waals surface area contributed by atoms with Crippen molar-refractivity contribution < 1.29 is 4.79 Å². The summed E-state index contributed by atoms with van der Waals surface area (Å²) in [5.41, 5.74) is 2.90. The molecule has 0 radical (unpaired) electrons. The van der Waals surface area contributed by atoms with Crippen molar-refractivity contribution in [3.8, 4) is 0 Å². The predicted octanol–water partition coefficient (Wildman–Crippen LogP) is 1.94. The molecule has 0 rings (SSSR count). The molecule has 0 aliphatic rings. The largest absolute Gasteiger partial charge is 0.303 e. The lowest BCUT2D eigenvalue weighted by atomic mass is 10.2. The van der Waals surface area contributed by atoms with E-state index < -0.39 is 0 Å². The normalized spacial score (nSPS) is 11.3. The molecule has 0 N–H and O–H groups in total. The van der Waals surface area contributed by atoms with Gasteiger partial charge in [-0.1, -0.05) is 13.8 Å². The summed E-state index contributed by atoms with van der Waals surface area (Å²) in [6.45, 7) is 3.87. The molecular formula is C8H12O. The van der Waals surface area contributed by atoms with E-state index in [2.05, 4.69) is 5.73 Å². The Bertz CT molecular complexity index is 130. The quantitative estimate of drug-likeness (QED) is 0.415. The fraction of sp³-hybridized carbons (Fsp3) is 0.500. The van der Waals surface area contributed by atoms with E-state index in [0.717, 1.165) is 12.7 Å². The summed E-state index contributed by atoms with van der Waals surface area (Å²) < 4.78 is 0. The lowest BCUT2D eigenvalue weighted by molar-refractivity contribution is -0.109. The highest BCUT2D eigenvalue weighted by molar-refractivity contribution is 5.55. The molecule has 1 unspecified atom stereocenters. The zero-order chi connectivity index (χ0) is 7.11. The van der Waals surface area contributed by atoms with Gasteiger partial charge in [-0.25, -0.2) is 0 Å². The molecule has 0 fully saturated rings. The number of rotatable bonds is 3. The number of hydrogen-bond donors (Lipinski definition) is 0. The molecular weight excluding hydrogens is 112 g/mol. The Morgan fingerprint density at radius 1 is 1.67 bits per heavy atom. The first kappa shape index (κ1) is 8.19. The first-order valence-corrected chi connectivity index (χ1v) is 3.17. The van der Waals surface area contributed by atoms with E-state index >= 15 is 0 Å². The van der Waals surface area contributed by atoms with Gasteiger partial charge in [-0.05, 0) is 18.6 Å². The zero-order valence-corrected chi connectivity index (χ0v) is 5.92. The van der Waals surface area contributed by atoms with Crippen molar-refractivity contribution in [1.82, 2.24) is 0 Å². The van der Waals surface area contributed by atoms with Crippen LogP contribution in [0.4, 0.5) is 0 Å². The SMILES string of the molecule is CCC=C=CC(C)C=O. The molecule has 1 heteroatoms. The number of hydrogen-bond acceptors (Lipinski definition) is 1. The van der Waals surface area contributed by atoms with Gasteiger partial charge in [0.1, 0.15) is 6.29 Å². The van der Waals surface area contributed by atoms with Crippen LogP contribution in [0.25, 0.3) is 0 Å². The third-order valence-electron chi connectivity index (χ3n) is 0.896. The second-order valence-corrected chi connectivity index (χ2v) is 1.94. The average molecular weight is 124 g/mol. The maximum Gasteiger partial charge on any atom is 0.127 e. The molecule has 50 valence electrons. The van der Waals surface area contributed by atoms with Crippen LogP contribution in [-0.2, 0) is 4.79 Å². The van der Waals surface area contributed by atoms with Gasteiger partial charge in [-0.15, -0.1) is 5.73 Å². The molecule has 0 bridgehead atoms. The van der Waals surface area contributed by atoms with Gasteiger partial charge in [0, 0.05) is 5.92 Å². The van der Waals surface area contributed by atoms with Gasteiger partial charge in [0.25, 0.3) is 0 Å². The monoisotopic (exact) mass is 124 g/mol. The van der Waals surface area contributed by atoms with Crippen molar-refractivity contribution in [2.24, 2.45) is 5.92 Å². The molecule has 0 aliphatic heterocycles. The Labute approximate surface area is 56.1 Å². The van der Waals surface area contributed by atoms with Crippen LogP contribution in [-0.4, -0.2) is 6.29 Å². The Morgan fingerprint density at radius 2 is 2.33 bits per heavy atom. The summed E-state index contributed by atoms with van der Waals surface area (Å²) in [5.74, 6) is 0.00722. The summed E-state index contributed by atoms with van der Waals surface area (Å²) in [4.78, 5) is 10.0. The number of aldehydes is 1. The Morgan fingerprint density at radius 3 is 2.78 bits per heavy atom. The molecule has 1 nitrogen and oxygen atoms in total. The van der Waals surface area contributed by atoms with E-state index in [1.807, 2.05) is 19.9 Å². The first-order valence-electron chi connectivity index (χ1n) is 3.17. The topological polar surface area (TPSA) is 17.1 Å². The van der Waals surface area contributed by atoms with E-state index in [1.54, 1.807) is 6.08 Å². The van der Waals surface area contributed by atoms with Crippen LogP contribution in [0, 0.1) is 5.92 Å². The minimum Gasteiger partial charge on any atom is -0.303 e. The molecule has 0 saturated heterocycles. The van der Waals surface area contributed by atoms with E-state index in [-0.39, 0.29) is 5.92 Å². The second kappa shape index (κ2) is 5.33. The van der Waals surface area contributed by atoms with Crippen LogP contribution in [0.15, 0.2) is 17.9 Å². The Balaban J connectivity index is 3.68. The molecule has 1 atom stereocenters. The highest BCUT2D eigenvalue weighted by Crippen LogP contribution is 1.88. The van der Waals surface area contributed by atoms with Crippen LogP contribution in [0.2, 0.25) is 0 Å². The van der Waals surface area contributed by atoms with Crippen molar-refractivity contribution in [2.75, 3.05) is 0 Å². The maximum atomic E-state index is 10.0. The molecule has 9 heavy (non-hydrogen) atoms. The summed E-state index contributed by atoms with van der Waals surface area (Å²) in [5, 5.41) is 0. The Hall–Kier alpha value is -0.810. The predicted molar refractivity (Wildman–Crippen MR) is 38.2 cm³/mol. The van der Waals surface area contributed by atoms with Gasteiger partial charge in [0.15, 0.2) is 0 Å². The van der Waals surface area contributed by atoms with Gasteiger partial charge < -0.3 is 4.79 Å². The number of allylic oxidation sites excluding steroid dienone is 1. The minimum atomic E-state index is 0.00722. The van der Waals surface area contributed by atoms with E-state index in [9.17, 15) is 4.79 Å². The molecule has 0 aliphatic carbocycles. The smallest absolute Gasteiger partial charge is 0.127 e. The van der Waals surface area contributed by atoms with Gasteiger partial charge in [-0.2, -0.15) is 0 Å². The summed E-state index contributed by atoms with van der Waals surface area (Å²) in [6.07, 6.45) is 5.54. The lowest BCUT2D eigenvalue weighted by Crippen LogP contribution is -1.86. The maximum absolute atomic E-state index is 10.0. The van der Waals surface area contributed by atoms with Crippen molar-refractivity contribution in [3.05, 3.63) is 17.9 Å². The van der Waals surface area contributed by atoms with Crippen LogP contribution < -0.4 is 0 Å². The van der Waals surface area contributed by atoms with Crippen molar-refractivity contribution in [3.63, 3.8) is 0 Å². The average Bonchev–Trinajstić information content (AvgIpc) is 1.89. The van der Waals surface area contributed by atoms with Gasteiger partial charge in [0.2, 0.25) is 0 Å². The van der Waals surface area contributed by atoms with Crippen molar-refractivity contribution in [1.29, 1.82) is 0 Å². The molecule has 0 spiro atoms. The molecule has 0 heterocycles. The molecule has 0 aromatic carbocycles. The highest BCUT2D eigenvalue weighted by Gasteiger charge is 1.86. The molecule has 0 aromatic heterocycles. The van der Waals surface area contributed by atoms with Gasteiger partial charge >= 0.3 is 0 Å². The zero-order valence-electron chi connectivity index (χ0n) is 5.92. The van der Waals surface area contributed by atoms with Gasteiger partial charge in [0.05, 0.1) is 0 Å². The van der Waals surface area contributed by atoms with Crippen LogP contribution >= 0.6 is 0 Å². The highest BCUT2D eigenvalue weighted by atomic mass is 16.1. The van der Waals surface area contributed by atoms with Crippen molar-refractivity contribution >= 4 is 6.29 Å². The first-order chi connectivity index (χ1) is 4.31. The van der Waals surface area contributed by atoms with Crippen LogP contribution in [0.3, 0.4) is 0 Å².